The molecule has 0 aromatic heterocycles. The fourth-order valence-electron chi connectivity index (χ4n) is 2.36. The zero-order chi connectivity index (χ0) is 17.4. The molecule has 2 aromatic rings. The quantitative estimate of drug-likeness (QED) is 0.635. The van der Waals surface area contributed by atoms with Crippen molar-refractivity contribution in [2.45, 2.75) is 27.0 Å². The molecule has 0 aliphatic carbocycles. The van der Waals surface area contributed by atoms with Gasteiger partial charge in [-0.25, -0.2) is 0 Å². The van der Waals surface area contributed by atoms with Crippen molar-refractivity contribution in [2.75, 3.05) is 19.8 Å². The van der Waals surface area contributed by atoms with Crippen LogP contribution in [-0.2, 0) is 13.2 Å². The summed E-state index contributed by atoms with van der Waals surface area (Å²) in [5.74, 6) is 1.44. The Morgan fingerprint density at radius 3 is 2.67 bits per heavy atom. The van der Waals surface area contributed by atoms with E-state index in [1.807, 2.05) is 31.2 Å². The summed E-state index contributed by atoms with van der Waals surface area (Å²) in [7, 11) is 0. The number of halogens is 1. The van der Waals surface area contributed by atoms with E-state index in [0.29, 0.717) is 32.1 Å². The molecule has 0 aliphatic heterocycles. The average Bonchev–Trinajstić information content (AvgIpc) is 2.56. The van der Waals surface area contributed by atoms with Crippen LogP contribution in [0.25, 0.3) is 0 Å². The molecule has 24 heavy (non-hydrogen) atoms. The maximum atomic E-state index is 8.87. The molecule has 0 fully saturated rings. The Labute approximate surface area is 151 Å². The Bertz CT molecular complexity index is 661. The molecule has 0 heterocycles. The van der Waals surface area contributed by atoms with Gasteiger partial charge in [-0.05, 0) is 58.6 Å². The molecule has 0 unspecified atom stereocenters. The molecule has 2 rings (SSSR count). The van der Waals surface area contributed by atoms with Crippen LogP contribution in [0, 0.1) is 6.92 Å². The number of nitrogens with one attached hydrogen (secondary N) is 1. The highest BCUT2D eigenvalue weighted by Gasteiger charge is 2.13. The number of aliphatic hydroxyl groups excluding tert-OH is 1. The van der Waals surface area contributed by atoms with Gasteiger partial charge in [0.15, 0.2) is 11.5 Å². The van der Waals surface area contributed by atoms with E-state index in [4.69, 9.17) is 14.6 Å². The summed E-state index contributed by atoms with van der Waals surface area (Å²) >= 11 is 3.59. The average molecular weight is 394 g/mol. The number of benzene rings is 2. The van der Waals surface area contributed by atoms with Crippen LogP contribution in [0.15, 0.2) is 40.9 Å². The van der Waals surface area contributed by atoms with E-state index >= 15 is 0 Å². The standard InChI is InChI=1S/C19H24BrNO3/c1-3-23-18-11-15(12-21-8-9-22)10-17(20)19(18)24-13-16-7-5-4-6-14(16)2/h4-7,10-11,21-22H,3,8-9,12-13H2,1-2H3. The fraction of sp³-hybridized carbons (Fsp3) is 0.368. The Kier molecular flexibility index (Phi) is 7.56. The highest BCUT2D eigenvalue weighted by molar-refractivity contribution is 9.10. The normalized spacial score (nSPS) is 10.7. The van der Waals surface area contributed by atoms with E-state index in [1.54, 1.807) is 0 Å². The summed E-state index contributed by atoms with van der Waals surface area (Å²) in [5, 5.41) is 12.0. The van der Waals surface area contributed by atoms with Crippen molar-refractivity contribution >= 4 is 15.9 Å². The lowest BCUT2D eigenvalue weighted by Gasteiger charge is -2.16. The smallest absolute Gasteiger partial charge is 0.175 e. The van der Waals surface area contributed by atoms with Crippen LogP contribution in [0.4, 0.5) is 0 Å². The molecule has 0 saturated carbocycles. The van der Waals surface area contributed by atoms with Crippen molar-refractivity contribution in [3.8, 4) is 11.5 Å². The van der Waals surface area contributed by atoms with Crippen LogP contribution in [-0.4, -0.2) is 24.9 Å². The molecule has 0 atom stereocenters. The van der Waals surface area contributed by atoms with E-state index in [2.05, 4.69) is 40.3 Å². The minimum absolute atomic E-state index is 0.122. The predicted octanol–water partition coefficient (Wildman–Crippen LogP) is 3.82. The Balaban J connectivity index is 2.16. The van der Waals surface area contributed by atoms with Gasteiger partial charge in [0, 0.05) is 13.1 Å². The zero-order valence-electron chi connectivity index (χ0n) is 14.1. The minimum Gasteiger partial charge on any atom is -0.490 e. The summed E-state index contributed by atoms with van der Waals surface area (Å²) in [4.78, 5) is 0. The van der Waals surface area contributed by atoms with Gasteiger partial charge in [0.05, 0.1) is 17.7 Å². The van der Waals surface area contributed by atoms with E-state index < -0.39 is 0 Å². The SMILES string of the molecule is CCOc1cc(CNCCO)cc(Br)c1OCc1ccccc1C. The van der Waals surface area contributed by atoms with E-state index in [0.717, 1.165) is 21.3 Å². The first-order chi connectivity index (χ1) is 11.7. The van der Waals surface area contributed by atoms with Gasteiger partial charge in [0.2, 0.25) is 0 Å². The molecule has 0 radical (unpaired) electrons. The Hall–Kier alpha value is -1.56. The lowest BCUT2D eigenvalue weighted by Crippen LogP contribution is -2.17. The van der Waals surface area contributed by atoms with Gasteiger partial charge in [0.25, 0.3) is 0 Å². The number of hydrogen-bond acceptors (Lipinski definition) is 4. The van der Waals surface area contributed by atoms with Crippen molar-refractivity contribution in [1.82, 2.24) is 5.32 Å². The van der Waals surface area contributed by atoms with Crippen molar-refractivity contribution in [3.05, 3.63) is 57.6 Å². The summed E-state index contributed by atoms with van der Waals surface area (Å²) in [5.41, 5.74) is 3.43. The number of aliphatic hydroxyl groups is 1. The second kappa shape index (κ2) is 9.67. The van der Waals surface area contributed by atoms with E-state index in [-0.39, 0.29) is 6.61 Å². The van der Waals surface area contributed by atoms with E-state index in [1.165, 1.54) is 5.56 Å². The van der Waals surface area contributed by atoms with Crippen LogP contribution in [0.2, 0.25) is 0 Å². The molecule has 2 N–H and O–H groups in total. The Morgan fingerprint density at radius 2 is 1.96 bits per heavy atom. The van der Waals surface area contributed by atoms with Gasteiger partial charge >= 0.3 is 0 Å². The largest absolute Gasteiger partial charge is 0.490 e. The van der Waals surface area contributed by atoms with Crippen molar-refractivity contribution in [3.63, 3.8) is 0 Å². The first-order valence-electron chi connectivity index (χ1n) is 8.09. The molecule has 0 spiro atoms. The molecule has 0 amide bonds. The first kappa shape index (κ1) is 18.8. The summed E-state index contributed by atoms with van der Waals surface area (Å²) in [6, 6.07) is 12.2. The third-order valence-electron chi connectivity index (χ3n) is 3.62. The third kappa shape index (κ3) is 5.23. The van der Waals surface area contributed by atoms with Crippen molar-refractivity contribution in [1.29, 1.82) is 0 Å². The molecule has 4 nitrogen and oxygen atoms in total. The molecule has 0 bridgehead atoms. The van der Waals surface area contributed by atoms with Crippen LogP contribution >= 0.6 is 15.9 Å². The van der Waals surface area contributed by atoms with Crippen LogP contribution in [0.1, 0.15) is 23.6 Å². The highest BCUT2D eigenvalue weighted by atomic mass is 79.9. The van der Waals surface area contributed by atoms with Crippen LogP contribution in [0.3, 0.4) is 0 Å². The second-order valence-electron chi connectivity index (χ2n) is 5.45. The minimum atomic E-state index is 0.122. The van der Waals surface area contributed by atoms with Crippen LogP contribution < -0.4 is 14.8 Å². The maximum Gasteiger partial charge on any atom is 0.175 e. The summed E-state index contributed by atoms with van der Waals surface area (Å²) < 4.78 is 12.7. The lowest BCUT2D eigenvalue weighted by atomic mass is 10.1. The van der Waals surface area contributed by atoms with Gasteiger partial charge < -0.3 is 19.9 Å². The number of aryl methyl sites for hydroxylation is 1. The van der Waals surface area contributed by atoms with Gasteiger partial charge in [-0.3, -0.25) is 0 Å². The molecule has 0 saturated heterocycles. The topological polar surface area (TPSA) is 50.7 Å². The number of ether oxygens (including phenoxy) is 2. The van der Waals surface area contributed by atoms with Gasteiger partial charge in [-0.15, -0.1) is 0 Å². The molecule has 130 valence electrons. The number of rotatable bonds is 9. The van der Waals surface area contributed by atoms with Gasteiger partial charge in [-0.1, -0.05) is 24.3 Å². The van der Waals surface area contributed by atoms with Crippen molar-refractivity contribution in [2.24, 2.45) is 0 Å². The maximum absolute atomic E-state index is 8.87. The summed E-state index contributed by atoms with van der Waals surface area (Å²) in [6.45, 7) is 6.44. The molecular formula is C19H24BrNO3. The van der Waals surface area contributed by atoms with Gasteiger partial charge in [0.1, 0.15) is 6.61 Å². The predicted molar refractivity (Wildman–Crippen MR) is 99.6 cm³/mol. The van der Waals surface area contributed by atoms with Crippen LogP contribution in [0.5, 0.6) is 11.5 Å². The Morgan fingerprint density at radius 1 is 1.17 bits per heavy atom. The summed E-state index contributed by atoms with van der Waals surface area (Å²) in [6.07, 6.45) is 0. The third-order valence-corrected chi connectivity index (χ3v) is 4.21. The second-order valence-corrected chi connectivity index (χ2v) is 6.31. The lowest BCUT2D eigenvalue weighted by molar-refractivity contribution is 0.266. The number of hydrogen-bond donors (Lipinski definition) is 2. The van der Waals surface area contributed by atoms with E-state index in [9.17, 15) is 0 Å². The van der Waals surface area contributed by atoms with Gasteiger partial charge in [-0.2, -0.15) is 0 Å². The first-order valence-corrected chi connectivity index (χ1v) is 8.89. The monoisotopic (exact) mass is 393 g/mol. The molecule has 0 aliphatic rings. The molecule has 2 aromatic carbocycles. The molecular weight excluding hydrogens is 370 g/mol. The highest BCUT2D eigenvalue weighted by Crippen LogP contribution is 2.37. The fourth-order valence-corrected chi connectivity index (χ4v) is 2.96. The zero-order valence-corrected chi connectivity index (χ0v) is 15.7. The van der Waals surface area contributed by atoms with Crippen molar-refractivity contribution < 1.29 is 14.6 Å². The molecule has 5 heteroatoms.